The molecule has 0 spiro atoms. The number of hydrogen-bond donors (Lipinski definition) is 2. The number of hydrogen-bond acceptors (Lipinski definition) is 3. The predicted octanol–water partition coefficient (Wildman–Crippen LogP) is 2.11. The first-order valence-corrected chi connectivity index (χ1v) is 6.83. The van der Waals surface area contributed by atoms with Gasteiger partial charge in [0.05, 0.1) is 21.7 Å². The van der Waals surface area contributed by atoms with Gasteiger partial charge >= 0.3 is 5.97 Å². The van der Waals surface area contributed by atoms with E-state index in [1.807, 2.05) is 0 Å². The van der Waals surface area contributed by atoms with E-state index >= 15 is 0 Å². The number of amides is 2. The minimum atomic E-state index is -1.29. The molecule has 8 heteroatoms. The monoisotopic (exact) mass is 330 g/mol. The van der Waals surface area contributed by atoms with Crippen LogP contribution in [0.15, 0.2) is 12.1 Å². The van der Waals surface area contributed by atoms with Gasteiger partial charge in [-0.25, -0.2) is 4.79 Å². The lowest BCUT2D eigenvalue weighted by Crippen LogP contribution is -2.26. The summed E-state index contributed by atoms with van der Waals surface area (Å²) in [6.07, 6.45) is 0.0862. The Morgan fingerprint density at radius 2 is 1.95 bits per heavy atom. The average molecular weight is 331 g/mol. The van der Waals surface area contributed by atoms with Gasteiger partial charge < -0.3 is 15.3 Å². The van der Waals surface area contributed by atoms with Gasteiger partial charge in [-0.1, -0.05) is 23.2 Å². The number of nitrogens with zero attached hydrogens (tertiary/aromatic N) is 1. The lowest BCUT2D eigenvalue weighted by atomic mass is 10.1. The first-order valence-electron chi connectivity index (χ1n) is 6.07. The Balaban J connectivity index is 2.28. The van der Waals surface area contributed by atoms with Crippen molar-refractivity contribution in [2.45, 2.75) is 6.42 Å². The minimum absolute atomic E-state index is 0.0261. The summed E-state index contributed by atoms with van der Waals surface area (Å²) in [4.78, 5) is 36.3. The van der Waals surface area contributed by atoms with Crippen LogP contribution < -0.4 is 5.32 Å². The molecule has 0 saturated carbocycles. The SMILES string of the molecule is CN1CC(C(=O)Nc2c(Cl)ccc(Cl)c2C(=O)O)CC1=O. The zero-order valence-corrected chi connectivity index (χ0v) is 12.5. The second kappa shape index (κ2) is 5.91. The molecule has 2 amide bonds. The van der Waals surface area contributed by atoms with Gasteiger partial charge in [0.25, 0.3) is 0 Å². The van der Waals surface area contributed by atoms with E-state index in [0.717, 1.165) is 0 Å². The molecular weight excluding hydrogens is 319 g/mol. The predicted molar refractivity (Wildman–Crippen MR) is 77.8 cm³/mol. The van der Waals surface area contributed by atoms with Crippen molar-refractivity contribution in [3.05, 3.63) is 27.7 Å². The second-order valence-corrected chi connectivity index (χ2v) is 5.56. The molecule has 0 radical (unpaired) electrons. The molecule has 1 unspecified atom stereocenters. The number of benzene rings is 1. The summed E-state index contributed by atoms with van der Waals surface area (Å²) in [5, 5.41) is 11.7. The summed E-state index contributed by atoms with van der Waals surface area (Å²) in [5.74, 6) is -2.43. The highest BCUT2D eigenvalue weighted by Gasteiger charge is 2.33. The molecule has 21 heavy (non-hydrogen) atoms. The van der Waals surface area contributed by atoms with Gasteiger partial charge in [0.2, 0.25) is 11.8 Å². The Morgan fingerprint density at radius 1 is 1.33 bits per heavy atom. The number of nitrogens with one attached hydrogen (secondary N) is 1. The van der Waals surface area contributed by atoms with Gasteiger partial charge in [0, 0.05) is 20.0 Å². The number of likely N-dealkylation sites (tertiary alicyclic amines) is 1. The number of halogens is 2. The van der Waals surface area contributed by atoms with E-state index in [2.05, 4.69) is 5.32 Å². The zero-order valence-electron chi connectivity index (χ0n) is 11.0. The van der Waals surface area contributed by atoms with Crippen LogP contribution in [0.5, 0.6) is 0 Å². The van der Waals surface area contributed by atoms with Gasteiger partial charge in [-0.2, -0.15) is 0 Å². The number of rotatable bonds is 3. The highest BCUT2D eigenvalue weighted by Crippen LogP contribution is 2.32. The number of carboxylic acid groups (broad SMARTS) is 1. The highest BCUT2D eigenvalue weighted by molar-refractivity contribution is 6.38. The van der Waals surface area contributed by atoms with Crippen molar-refractivity contribution in [2.24, 2.45) is 5.92 Å². The topological polar surface area (TPSA) is 86.7 Å². The van der Waals surface area contributed by atoms with E-state index in [0.29, 0.717) is 0 Å². The van der Waals surface area contributed by atoms with Gasteiger partial charge in [0.15, 0.2) is 0 Å². The molecule has 1 aliphatic rings. The summed E-state index contributed by atoms with van der Waals surface area (Å²) in [7, 11) is 1.60. The molecule has 2 N–H and O–H groups in total. The fourth-order valence-electron chi connectivity index (χ4n) is 2.15. The Hall–Kier alpha value is -1.79. The van der Waals surface area contributed by atoms with Gasteiger partial charge in [-0.05, 0) is 12.1 Å². The van der Waals surface area contributed by atoms with Crippen molar-refractivity contribution in [3.8, 4) is 0 Å². The first-order chi connectivity index (χ1) is 9.81. The zero-order chi connectivity index (χ0) is 15.7. The fraction of sp³-hybridized carbons (Fsp3) is 0.308. The Kier molecular flexibility index (Phi) is 4.39. The quantitative estimate of drug-likeness (QED) is 0.888. The van der Waals surface area contributed by atoms with Crippen molar-refractivity contribution in [2.75, 3.05) is 18.9 Å². The van der Waals surface area contributed by atoms with Crippen LogP contribution in [-0.4, -0.2) is 41.4 Å². The molecule has 1 heterocycles. The minimum Gasteiger partial charge on any atom is -0.478 e. The largest absolute Gasteiger partial charge is 0.478 e. The summed E-state index contributed by atoms with van der Waals surface area (Å²) >= 11 is 11.8. The maximum Gasteiger partial charge on any atom is 0.339 e. The molecule has 0 aliphatic carbocycles. The Labute approximate surface area is 130 Å². The third-order valence-electron chi connectivity index (χ3n) is 3.28. The third-order valence-corrected chi connectivity index (χ3v) is 3.91. The van der Waals surface area contributed by atoms with Crippen LogP contribution in [0.4, 0.5) is 5.69 Å². The number of carbonyl (C=O) groups is 3. The molecule has 0 bridgehead atoms. The molecule has 1 aromatic rings. The van der Waals surface area contributed by atoms with E-state index in [-0.39, 0.29) is 40.2 Å². The van der Waals surface area contributed by atoms with Crippen molar-refractivity contribution in [1.82, 2.24) is 4.90 Å². The van der Waals surface area contributed by atoms with E-state index < -0.39 is 17.8 Å². The van der Waals surface area contributed by atoms with E-state index in [1.54, 1.807) is 7.05 Å². The van der Waals surface area contributed by atoms with Crippen molar-refractivity contribution >= 4 is 46.7 Å². The first kappa shape index (κ1) is 15.6. The molecule has 112 valence electrons. The maximum atomic E-state index is 12.2. The molecule has 2 rings (SSSR count). The number of anilines is 1. The van der Waals surface area contributed by atoms with Crippen LogP contribution in [0.25, 0.3) is 0 Å². The van der Waals surface area contributed by atoms with Crippen molar-refractivity contribution in [3.63, 3.8) is 0 Å². The molecule has 1 aromatic carbocycles. The van der Waals surface area contributed by atoms with Crippen LogP contribution in [0.3, 0.4) is 0 Å². The molecule has 1 aliphatic heterocycles. The van der Waals surface area contributed by atoms with Crippen molar-refractivity contribution < 1.29 is 19.5 Å². The van der Waals surface area contributed by atoms with Crippen LogP contribution in [0.2, 0.25) is 10.0 Å². The van der Waals surface area contributed by atoms with E-state index in [1.165, 1.54) is 17.0 Å². The normalized spacial score (nSPS) is 18.0. The number of carbonyl (C=O) groups excluding carboxylic acids is 2. The lowest BCUT2D eigenvalue weighted by molar-refractivity contribution is -0.127. The molecular formula is C13H12Cl2N2O4. The maximum absolute atomic E-state index is 12.2. The Bertz CT molecular complexity index is 633. The van der Waals surface area contributed by atoms with Gasteiger partial charge in [-0.3, -0.25) is 9.59 Å². The van der Waals surface area contributed by atoms with Crippen LogP contribution in [0.1, 0.15) is 16.8 Å². The third kappa shape index (κ3) is 3.11. The number of carboxylic acids is 1. The lowest BCUT2D eigenvalue weighted by Gasteiger charge is -2.14. The molecule has 6 nitrogen and oxygen atoms in total. The summed E-state index contributed by atoms with van der Waals surface area (Å²) in [6, 6.07) is 2.74. The van der Waals surface area contributed by atoms with Crippen LogP contribution >= 0.6 is 23.2 Å². The molecule has 1 saturated heterocycles. The average Bonchev–Trinajstić information content (AvgIpc) is 2.73. The van der Waals surface area contributed by atoms with E-state index in [9.17, 15) is 19.5 Å². The standard InChI is InChI=1S/C13H12Cl2N2O4/c1-17-5-6(4-9(17)18)12(19)16-11-8(15)3-2-7(14)10(11)13(20)21/h2-3,6H,4-5H2,1H3,(H,16,19)(H,20,21). The van der Waals surface area contributed by atoms with Crippen LogP contribution in [0, 0.1) is 5.92 Å². The highest BCUT2D eigenvalue weighted by atomic mass is 35.5. The smallest absolute Gasteiger partial charge is 0.339 e. The fourth-order valence-corrected chi connectivity index (χ4v) is 2.59. The summed E-state index contributed by atoms with van der Waals surface area (Å²) < 4.78 is 0. The van der Waals surface area contributed by atoms with Gasteiger partial charge in [0.1, 0.15) is 5.56 Å². The number of aromatic carboxylic acids is 1. The Morgan fingerprint density at radius 3 is 2.48 bits per heavy atom. The summed E-state index contributed by atoms with van der Waals surface area (Å²) in [6.45, 7) is 0.283. The molecule has 1 fully saturated rings. The van der Waals surface area contributed by atoms with Crippen LogP contribution in [-0.2, 0) is 9.59 Å². The van der Waals surface area contributed by atoms with Crippen molar-refractivity contribution in [1.29, 1.82) is 0 Å². The molecule has 0 aromatic heterocycles. The van der Waals surface area contributed by atoms with E-state index in [4.69, 9.17) is 23.2 Å². The van der Waals surface area contributed by atoms with Gasteiger partial charge in [-0.15, -0.1) is 0 Å². The second-order valence-electron chi connectivity index (χ2n) is 4.75. The molecule has 1 atom stereocenters. The summed E-state index contributed by atoms with van der Waals surface area (Å²) in [5.41, 5.74) is -0.320.